The van der Waals surface area contributed by atoms with Gasteiger partial charge in [0, 0.05) is 19.3 Å². The van der Waals surface area contributed by atoms with E-state index in [0.717, 1.165) is 64.2 Å². The molecule has 0 aliphatic carbocycles. The van der Waals surface area contributed by atoms with Crippen LogP contribution in [0.2, 0.25) is 0 Å². The number of rotatable bonds is 41. The molecule has 0 saturated carbocycles. The van der Waals surface area contributed by atoms with E-state index in [9.17, 15) is 14.4 Å². The molecule has 0 saturated heterocycles. The number of hydrogen-bond acceptors (Lipinski definition) is 6. The quantitative estimate of drug-likeness (QED) is 0.0355. The summed E-state index contributed by atoms with van der Waals surface area (Å²) in [6, 6.07) is 0. The Kier molecular flexibility index (Phi) is 39.9. The van der Waals surface area contributed by atoms with Crippen molar-refractivity contribution < 1.29 is 28.6 Å². The van der Waals surface area contributed by atoms with Crippen LogP contribution in [0.15, 0.2) is 0 Å². The summed E-state index contributed by atoms with van der Waals surface area (Å²) in [6.07, 6.45) is 41.2. The van der Waals surface area contributed by atoms with Gasteiger partial charge in [-0.25, -0.2) is 0 Å². The first-order chi connectivity index (χ1) is 25.0. The van der Waals surface area contributed by atoms with Crippen molar-refractivity contribution in [2.24, 2.45) is 0 Å². The lowest BCUT2D eigenvalue weighted by Gasteiger charge is -2.18. The van der Waals surface area contributed by atoms with E-state index in [1.165, 1.54) is 148 Å². The topological polar surface area (TPSA) is 78.9 Å². The number of carbonyl (C=O) groups is 3. The lowest BCUT2D eigenvalue weighted by atomic mass is 10.0. The fraction of sp³-hybridized carbons (Fsp3) is 0.933. The van der Waals surface area contributed by atoms with Crippen molar-refractivity contribution in [3.63, 3.8) is 0 Å². The molecule has 0 N–H and O–H groups in total. The van der Waals surface area contributed by atoms with Crippen molar-refractivity contribution >= 4 is 17.9 Å². The highest BCUT2D eigenvalue weighted by atomic mass is 16.6. The van der Waals surface area contributed by atoms with Crippen LogP contribution in [0.3, 0.4) is 0 Å². The number of carbonyl (C=O) groups excluding carboxylic acids is 3. The third-order valence-electron chi connectivity index (χ3n) is 10.1. The van der Waals surface area contributed by atoms with Crippen molar-refractivity contribution in [2.45, 2.75) is 258 Å². The van der Waals surface area contributed by atoms with Gasteiger partial charge in [-0.2, -0.15) is 0 Å². The van der Waals surface area contributed by atoms with Gasteiger partial charge in [-0.05, 0) is 19.3 Å². The summed E-state index contributed by atoms with van der Waals surface area (Å²) in [7, 11) is 0. The Balaban J connectivity index is 4.13. The second-order valence-corrected chi connectivity index (χ2v) is 15.3. The van der Waals surface area contributed by atoms with Crippen molar-refractivity contribution in [3.05, 3.63) is 0 Å². The predicted molar refractivity (Wildman–Crippen MR) is 215 cm³/mol. The number of unbranched alkanes of at least 4 members (excludes halogenated alkanes) is 30. The van der Waals surface area contributed by atoms with E-state index in [4.69, 9.17) is 14.2 Å². The van der Waals surface area contributed by atoms with Crippen LogP contribution < -0.4 is 0 Å². The van der Waals surface area contributed by atoms with Gasteiger partial charge < -0.3 is 14.2 Å². The molecule has 6 nitrogen and oxygen atoms in total. The number of ether oxygens (including phenoxy) is 3. The highest BCUT2D eigenvalue weighted by molar-refractivity contribution is 5.71. The van der Waals surface area contributed by atoms with E-state index in [2.05, 4.69) is 20.8 Å². The normalized spacial score (nSPS) is 11.8. The minimum absolute atomic E-state index is 0.0639. The Labute approximate surface area is 317 Å². The van der Waals surface area contributed by atoms with Gasteiger partial charge in [0.05, 0.1) is 0 Å². The van der Waals surface area contributed by atoms with E-state index >= 15 is 0 Å². The highest BCUT2D eigenvalue weighted by Crippen LogP contribution is 2.16. The first-order valence-corrected chi connectivity index (χ1v) is 22.5. The fourth-order valence-electron chi connectivity index (χ4n) is 6.68. The predicted octanol–water partition coefficient (Wildman–Crippen LogP) is 14.1. The molecule has 0 aromatic rings. The average Bonchev–Trinajstić information content (AvgIpc) is 3.12. The molecule has 0 heterocycles. The first kappa shape index (κ1) is 49.4. The third-order valence-corrected chi connectivity index (χ3v) is 10.1. The third kappa shape index (κ3) is 39.5. The van der Waals surface area contributed by atoms with Gasteiger partial charge in [-0.15, -0.1) is 0 Å². The lowest BCUT2D eigenvalue weighted by molar-refractivity contribution is -0.167. The number of hydrogen-bond donors (Lipinski definition) is 0. The summed E-state index contributed by atoms with van der Waals surface area (Å²) in [6.45, 7) is 6.57. The maximum atomic E-state index is 12.6. The van der Waals surface area contributed by atoms with Gasteiger partial charge in [0.15, 0.2) is 6.10 Å². The zero-order chi connectivity index (χ0) is 37.3. The zero-order valence-electron chi connectivity index (χ0n) is 34.4. The molecule has 0 bridgehead atoms. The van der Waals surface area contributed by atoms with Crippen LogP contribution in [0.5, 0.6) is 0 Å². The van der Waals surface area contributed by atoms with Gasteiger partial charge in [0.25, 0.3) is 0 Å². The Hall–Kier alpha value is -1.59. The van der Waals surface area contributed by atoms with Crippen molar-refractivity contribution in [2.75, 3.05) is 13.2 Å². The van der Waals surface area contributed by atoms with Crippen LogP contribution >= 0.6 is 0 Å². The molecule has 0 rings (SSSR count). The van der Waals surface area contributed by atoms with Gasteiger partial charge in [-0.3, -0.25) is 14.4 Å². The van der Waals surface area contributed by atoms with Crippen molar-refractivity contribution in [1.82, 2.24) is 0 Å². The average molecular weight is 723 g/mol. The smallest absolute Gasteiger partial charge is 0.306 e. The van der Waals surface area contributed by atoms with Crippen molar-refractivity contribution in [1.29, 1.82) is 0 Å². The van der Waals surface area contributed by atoms with Crippen LogP contribution in [0.25, 0.3) is 0 Å². The Bertz CT molecular complexity index is 753. The van der Waals surface area contributed by atoms with Crippen LogP contribution in [0.4, 0.5) is 0 Å². The van der Waals surface area contributed by atoms with Gasteiger partial charge >= 0.3 is 17.9 Å². The molecule has 51 heavy (non-hydrogen) atoms. The number of esters is 3. The second-order valence-electron chi connectivity index (χ2n) is 15.3. The van der Waals surface area contributed by atoms with Crippen LogP contribution in [0, 0.1) is 0 Å². The van der Waals surface area contributed by atoms with Gasteiger partial charge in [0.1, 0.15) is 13.2 Å². The monoisotopic (exact) mass is 723 g/mol. The fourth-order valence-corrected chi connectivity index (χ4v) is 6.68. The summed E-state index contributed by atoms with van der Waals surface area (Å²) >= 11 is 0. The minimum Gasteiger partial charge on any atom is -0.462 e. The molecular formula is C45H86O6. The summed E-state index contributed by atoms with van der Waals surface area (Å²) in [4.78, 5) is 37.4. The summed E-state index contributed by atoms with van der Waals surface area (Å²) in [5.74, 6) is -0.867. The molecule has 0 fully saturated rings. The van der Waals surface area contributed by atoms with E-state index in [-0.39, 0.29) is 31.1 Å². The van der Waals surface area contributed by atoms with Crippen LogP contribution in [0.1, 0.15) is 252 Å². The molecule has 0 amide bonds. The van der Waals surface area contributed by atoms with E-state index < -0.39 is 6.10 Å². The molecule has 0 aromatic carbocycles. The van der Waals surface area contributed by atoms with E-state index in [1.54, 1.807) is 0 Å². The molecule has 0 unspecified atom stereocenters. The molecule has 0 aliphatic heterocycles. The maximum Gasteiger partial charge on any atom is 0.306 e. The Morgan fingerprint density at radius 3 is 0.784 bits per heavy atom. The minimum atomic E-state index is -0.756. The summed E-state index contributed by atoms with van der Waals surface area (Å²) < 4.78 is 16.6. The Morgan fingerprint density at radius 1 is 0.314 bits per heavy atom. The first-order valence-electron chi connectivity index (χ1n) is 22.5. The van der Waals surface area contributed by atoms with E-state index in [1.807, 2.05) is 0 Å². The Morgan fingerprint density at radius 2 is 0.529 bits per heavy atom. The molecule has 0 radical (unpaired) electrons. The lowest BCUT2D eigenvalue weighted by Crippen LogP contribution is -2.30. The molecule has 0 aromatic heterocycles. The van der Waals surface area contributed by atoms with Gasteiger partial charge in [0.2, 0.25) is 0 Å². The molecule has 0 spiro atoms. The zero-order valence-corrected chi connectivity index (χ0v) is 34.4. The molecule has 6 heteroatoms. The molecule has 1 atom stereocenters. The molecule has 302 valence electrons. The standard InChI is InChI=1S/C45H86O6/c1-4-7-10-13-15-17-19-20-21-22-23-24-26-27-29-32-35-38-44(47)50-41-42(40-49-43(46)37-34-31-12-9-6-3)51-45(48)39-36-33-30-28-25-18-16-14-11-8-5-2/h42H,4-41H2,1-3H3/t42-/m1/s1. The van der Waals surface area contributed by atoms with E-state index in [0.29, 0.717) is 19.3 Å². The second kappa shape index (κ2) is 41.2. The van der Waals surface area contributed by atoms with Crippen LogP contribution in [-0.4, -0.2) is 37.2 Å². The maximum absolute atomic E-state index is 12.6. The molecular weight excluding hydrogens is 636 g/mol. The molecule has 0 aliphatic rings. The van der Waals surface area contributed by atoms with Gasteiger partial charge in [-0.1, -0.05) is 213 Å². The largest absolute Gasteiger partial charge is 0.462 e. The van der Waals surface area contributed by atoms with Crippen molar-refractivity contribution in [3.8, 4) is 0 Å². The van der Waals surface area contributed by atoms with Crippen LogP contribution in [-0.2, 0) is 28.6 Å². The highest BCUT2D eigenvalue weighted by Gasteiger charge is 2.19. The SMILES string of the molecule is CCCCCCCCCCCCCCCCCCCC(=O)OC[C@@H](COC(=O)CCCCCCC)OC(=O)CCCCCCCCCCCCC. The summed E-state index contributed by atoms with van der Waals surface area (Å²) in [5.41, 5.74) is 0. The summed E-state index contributed by atoms with van der Waals surface area (Å²) in [5, 5.41) is 0.